The molecule has 7 unspecified atom stereocenters. The predicted octanol–water partition coefficient (Wildman–Crippen LogP) is 18.3. The maximum atomic E-state index is 13.1. The summed E-state index contributed by atoms with van der Waals surface area (Å²) in [7, 11) is 0. The Hall–Kier alpha value is -1.07. The van der Waals surface area contributed by atoms with E-state index in [1.807, 2.05) is 6.08 Å². The Labute approximate surface area is 477 Å². The Bertz CT molecular complexity index is 1220. The number of ether oxygens (including phenoxy) is 2. The van der Waals surface area contributed by atoms with E-state index in [9.17, 15) is 30.3 Å². The second-order valence-electron chi connectivity index (χ2n) is 24.3. The van der Waals surface area contributed by atoms with Crippen LogP contribution in [0.25, 0.3) is 0 Å². The quantitative estimate of drug-likeness (QED) is 0.0261. The first-order chi connectivity index (χ1) is 37.8. The van der Waals surface area contributed by atoms with Crippen LogP contribution in [0.1, 0.15) is 361 Å². The lowest BCUT2D eigenvalue weighted by molar-refractivity contribution is -0.302. The number of hydrogen-bond acceptors (Lipinski definition) is 8. The van der Waals surface area contributed by atoms with Gasteiger partial charge in [0.2, 0.25) is 5.91 Å². The zero-order valence-corrected chi connectivity index (χ0v) is 51.3. The minimum atomic E-state index is -1.56. The van der Waals surface area contributed by atoms with Gasteiger partial charge in [-0.2, -0.15) is 0 Å². The SMILES string of the molecule is CCCCCCCCCCCCCCCCCCCCCCCCCCCCC/C=C/C(O)C(COC1OC(CO)C(O)C(O)C1O)NC(=O)CCCCCCCCCCCCCCCCCCCCCCCCCCC. The molecule has 0 aliphatic carbocycles. The van der Waals surface area contributed by atoms with Gasteiger partial charge in [-0.1, -0.05) is 347 Å². The van der Waals surface area contributed by atoms with Gasteiger partial charge in [-0.25, -0.2) is 0 Å². The summed E-state index contributed by atoms with van der Waals surface area (Å²) in [5.41, 5.74) is 0. The van der Waals surface area contributed by atoms with Crippen LogP contribution in [0.5, 0.6) is 0 Å². The molecule has 0 aromatic carbocycles. The number of carbonyl (C=O) groups is 1. The molecule has 7 atom stereocenters. The predicted molar refractivity (Wildman–Crippen MR) is 327 cm³/mol. The fourth-order valence-electron chi connectivity index (χ4n) is 11.5. The van der Waals surface area contributed by atoms with Crippen LogP contribution in [-0.2, 0) is 14.3 Å². The Kier molecular flexibility index (Phi) is 55.8. The molecule has 0 saturated carbocycles. The van der Waals surface area contributed by atoms with Crippen molar-refractivity contribution in [2.24, 2.45) is 0 Å². The molecule has 1 aliphatic rings. The summed E-state index contributed by atoms with van der Waals surface area (Å²) < 4.78 is 11.3. The molecule has 0 aromatic heterocycles. The number of aliphatic hydroxyl groups excluding tert-OH is 5. The summed E-state index contributed by atoms with van der Waals surface area (Å²) in [5, 5.41) is 54.7. The number of unbranched alkanes of at least 4 members (excludes halogenated alkanes) is 51. The molecule has 0 radical (unpaired) electrons. The van der Waals surface area contributed by atoms with Crippen LogP contribution in [0.2, 0.25) is 0 Å². The van der Waals surface area contributed by atoms with Crippen LogP contribution >= 0.6 is 0 Å². The molecule has 1 amide bonds. The molecule has 9 nitrogen and oxygen atoms in total. The molecule has 1 heterocycles. The third-order valence-electron chi connectivity index (χ3n) is 16.9. The van der Waals surface area contributed by atoms with Gasteiger partial charge in [-0.05, 0) is 19.3 Å². The van der Waals surface area contributed by atoms with Crippen LogP contribution in [-0.4, -0.2) is 87.5 Å². The van der Waals surface area contributed by atoms with Gasteiger partial charge >= 0.3 is 0 Å². The molecule has 1 saturated heterocycles. The highest BCUT2D eigenvalue weighted by Gasteiger charge is 2.44. The molecular weight excluding hydrogens is 959 g/mol. The van der Waals surface area contributed by atoms with E-state index in [1.54, 1.807) is 6.08 Å². The average molecular weight is 1090 g/mol. The zero-order valence-electron chi connectivity index (χ0n) is 51.3. The van der Waals surface area contributed by atoms with Gasteiger partial charge in [0.1, 0.15) is 24.4 Å². The highest BCUT2D eigenvalue weighted by atomic mass is 16.7. The van der Waals surface area contributed by atoms with Crippen molar-refractivity contribution < 1.29 is 39.8 Å². The highest BCUT2D eigenvalue weighted by Crippen LogP contribution is 2.24. The summed E-state index contributed by atoms with van der Waals surface area (Å²) in [6.45, 7) is 3.85. The number of hydrogen-bond donors (Lipinski definition) is 6. The fourth-order valence-corrected chi connectivity index (χ4v) is 11.5. The lowest BCUT2D eigenvalue weighted by Crippen LogP contribution is -2.60. The van der Waals surface area contributed by atoms with Crippen molar-refractivity contribution in [2.75, 3.05) is 13.2 Å². The Balaban J connectivity index is 2.13. The molecule has 1 aliphatic heterocycles. The lowest BCUT2D eigenvalue weighted by atomic mass is 9.99. The van der Waals surface area contributed by atoms with Gasteiger partial charge in [0.25, 0.3) is 0 Å². The molecule has 1 rings (SSSR count). The summed E-state index contributed by atoms with van der Waals surface area (Å²) in [4.78, 5) is 13.1. The number of amides is 1. The number of aliphatic hydroxyl groups is 5. The minimum Gasteiger partial charge on any atom is -0.394 e. The summed E-state index contributed by atoms with van der Waals surface area (Å²) in [6, 6.07) is -0.802. The molecule has 77 heavy (non-hydrogen) atoms. The first kappa shape index (κ1) is 73.9. The Morgan fingerprint density at radius 3 is 1.01 bits per heavy atom. The van der Waals surface area contributed by atoms with Gasteiger partial charge in [0.05, 0.1) is 25.4 Å². The third-order valence-corrected chi connectivity index (χ3v) is 16.9. The van der Waals surface area contributed by atoms with Crippen LogP contribution < -0.4 is 5.32 Å². The zero-order chi connectivity index (χ0) is 55.8. The molecule has 0 aromatic rings. The molecule has 1 fully saturated rings. The van der Waals surface area contributed by atoms with E-state index in [0.29, 0.717) is 6.42 Å². The van der Waals surface area contributed by atoms with Gasteiger partial charge in [-0.15, -0.1) is 0 Å². The molecule has 6 N–H and O–H groups in total. The van der Waals surface area contributed by atoms with E-state index in [1.165, 1.54) is 302 Å². The maximum absolute atomic E-state index is 13.1. The van der Waals surface area contributed by atoms with Crippen molar-refractivity contribution in [3.8, 4) is 0 Å². The number of carbonyl (C=O) groups excluding carboxylic acids is 1. The molecule has 0 spiro atoms. The molecule has 458 valence electrons. The fraction of sp³-hybridized carbons (Fsp3) is 0.956. The van der Waals surface area contributed by atoms with E-state index in [4.69, 9.17) is 9.47 Å². The van der Waals surface area contributed by atoms with Crippen molar-refractivity contribution in [2.45, 2.75) is 403 Å². The van der Waals surface area contributed by atoms with E-state index < -0.39 is 49.5 Å². The average Bonchev–Trinajstić information content (AvgIpc) is 3.43. The largest absolute Gasteiger partial charge is 0.394 e. The van der Waals surface area contributed by atoms with Gasteiger partial charge in [0, 0.05) is 6.42 Å². The highest BCUT2D eigenvalue weighted by molar-refractivity contribution is 5.76. The molecular formula is C68H133NO8. The van der Waals surface area contributed by atoms with Crippen molar-refractivity contribution in [3.05, 3.63) is 12.2 Å². The Morgan fingerprint density at radius 2 is 0.714 bits per heavy atom. The smallest absolute Gasteiger partial charge is 0.220 e. The normalized spacial score (nSPS) is 18.7. The van der Waals surface area contributed by atoms with Crippen LogP contribution in [0.4, 0.5) is 0 Å². The van der Waals surface area contributed by atoms with Crippen LogP contribution in [0, 0.1) is 0 Å². The van der Waals surface area contributed by atoms with Crippen LogP contribution in [0.15, 0.2) is 12.2 Å². The summed E-state index contributed by atoms with van der Waals surface area (Å²) in [6.07, 6.45) is 67.4. The topological polar surface area (TPSA) is 149 Å². The van der Waals surface area contributed by atoms with Crippen molar-refractivity contribution in [3.63, 3.8) is 0 Å². The lowest BCUT2D eigenvalue weighted by Gasteiger charge is -2.40. The Morgan fingerprint density at radius 1 is 0.429 bits per heavy atom. The number of rotatable bonds is 61. The van der Waals surface area contributed by atoms with Gasteiger partial charge in [-0.3, -0.25) is 4.79 Å². The second-order valence-corrected chi connectivity index (χ2v) is 24.3. The third kappa shape index (κ3) is 47.2. The first-order valence-corrected chi connectivity index (χ1v) is 34.4. The van der Waals surface area contributed by atoms with Crippen molar-refractivity contribution in [1.82, 2.24) is 5.32 Å². The van der Waals surface area contributed by atoms with Crippen LogP contribution in [0.3, 0.4) is 0 Å². The van der Waals surface area contributed by atoms with E-state index >= 15 is 0 Å². The molecule has 0 bridgehead atoms. The number of nitrogens with one attached hydrogen (secondary N) is 1. The van der Waals surface area contributed by atoms with Gasteiger partial charge in [0.15, 0.2) is 6.29 Å². The summed E-state index contributed by atoms with van der Waals surface area (Å²) >= 11 is 0. The van der Waals surface area contributed by atoms with E-state index in [2.05, 4.69) is 19.2 Å². The minimum absolute atomic E-state index is 0.167. The van der Waals surface area contributed by atoms with Crippen molar-refractivity contribution >= 4 is 5.91 Å². The van der Waals surface area contributed by atoms with Crippen molar-refractivity contribution in [1.29, 1.82) is 0 Å². The molecule has 9 heteroatoms. The first-order valence-electron chi connectivity index (χ1n) is 34.4. The standard InChI is InChI=1S/C68H133NO8/c1-3-5-7-9-11-13-15-17-19-21-23-25-27-29-30-31-32-34-35-37-39-41-43-45-47-49-51-53-55-57-62(71)61(60-76-68-67(75)66(74)65(73)63(59-70)77-68)69-64(72)58-56-54-52-50-48-46-44-42-40-38-36-33-28-26-24-22-20-18-16-14-12-10-8-6-4-2/h55,57,61-63,65-68,70-71,73-75H,3-54,56,58-60H2,1-2H3,(H,69,72)/b57-55+. The maximum Gasteiger partial charge on any atom is 0.220 e. The number of allylic oxidation sites excluding steroid dienone is 1. The van der Waals surface area contributed by atoms with Gasteiger partial charge < -0.3 is 40.3 Å². The summed E-state index contributed by atoms with van der Waals surface area (Å²) in [5.74, 6) is -0.167. The monoisotopic (exact) mass is 1090 g/mol. The second kappa shape index (κ2) is 58.1. The van der Waals surface area contributed by atoms with E-state index in [0.717, 1.165) is 38.5 Å². The van der Waals surface area contributed by atoms with E-state index in [-0.39, 0.29) is 12.5 Å².